The number of aryl methyl sites for hydroxylation is 1. The van der Waals surface area contributed by atoms with E-state index < -0.39 is 0 Å². The Kier molecular flexibility index (Phi) is 5.93. The van der Waals surface area contributed by atoms with Gasteiger partial charge in [-0.1, -0.05) is 34.8 Å². The third-order valence-corrected chi connectivity index (χ3v) is 4.30. The highest BCUT2D eigenvalue weighted by Crippen LogP contribution is 2.35. The molecule has 21 heavy (non-hydrogen) atoms. The first-order valence-corrected chi connectivity index (χ1v) is 7.90. The van der Waals surface area contributed by atoms with E-state index in [1.54, 1.807) is 12.1 Å². The summed E-state index contributed by atoms with van der Waals surface area (Å²) in [6.45, 7) is 2.79. The molecule has 1 heterocycles. The second kappa shape index (κ2) is 7.49. The second-order valence-corrected chi connectivity index (χ2v) is 6.14. The summed E-state index contributed by atoms with van der Waals surface area (Å²) in [6.07, 6.45) is 1.50. The first kappa shape index (κ1) is 16.6. The van der Waals surface area contributed by atoms with Crippen LogP contribution in [0.5, 0.6) is 5.75 Å². The molecule has 8 heteroatoms. The van der Waals surface area contributed by atoms with Gasteiger partial charge < -0.3 is 10.1 Å². The van der Waals surface area contributed by atoms with Crippen molar-refractivity contribution in [3.05, 3.63) is 43.7 Å². The molecule has 0 aliphatic rings. The third kappa shape index (κ3) is 4.36. The molecule has 0 amide bonds. The molecule has 0 fully saturated rings. The fourth-order valence-corrected chi connectivity index (χ4v) is 2.84. The van der Waals surface area contributed by atoms with Crippen LogP contribution in [-0.4, -0.2) is 23.1 Å². The average Bonchev–Trinajstić information content (AvgIpc) is 2.41. The number of ether oxygens (including phenoxy) is 1. The number of benzene rings is 1. The van der Waals surface area contributed by atoms with E-state index in [9.17, 15) is 0 Å². The van der Waals surface area contributed by atoms with Crippen LogP contribution in [0.3, 0.4) is 0 Å². The zero-order chi connectivity index (χ0) is 15.4. The maximum absolute atomic E-state index is 6.03. The summed E-state index contributed by atoms with van der Waals surface area (Å²) in [5.74, 6) is 1.13. The van der Waals surface area contributed by atoms with Crippen molar-refractivity contribution in [2.75, 3.05) is 18.5 Å². The largest absolute Gasteiger partial charge is 0.489 e. The van der Waals surface area contributed by atoms with Crippen LogP contribution in [-0.2, 0) is 0 Å². The minimum absolute atomic E-state index is 0.372. The number of rotatable bonds is 5. The molecule has 4 nitrogen and oxygen atoms in total. The number of nitrogens with zero attached hydrogens (tertiary/aromatic N) is 2. The van der Waals surface area contributed by atoms with E-state index in [1.165, 1.54) is 6.33 Å². The lowest BCUT2D eigenvalue weighted by molar-refractivity contribution is 0.333. The fraction of sp³-hybridized carbons (Fsp3) is 0.231. The smallest absolute Gasteiger partial charge is 0.156 e. The number of hydrogen-bond acceptors (Lipinski definition) is 4. The Balaban J connectivity index is 1.92. The fourth-order valence-electron chi connectivity index (χ4n) is 1.57. The van der Waals surface area contributed by atoms with Crippen molar-refractivity contribution in [2.24, 2.45) is 0 Å². The van der Waals surface area contributed by atoms with Crippen molar-refractivity contribution in [2.45, 2.75) is 6.92 Å². The number of aromatic nitrogens is 2. The topological polar surface area (TPSA) is 47.0 Å². The molecular weight excluding hydrogens is 400 g/mol. The molecule has 1 aromatic heterocycles. The molecular formula is C13H11BrCl3N3O. The third-order valence-electron chi connectivity index (χ3n) is 2.57. The molecule has 1 N–H and O–H groups in total. The normalized spacial score (nSPS) is 10.5. The van der Waals surface area contributed by atoms with E-state index in [0.717, 1.165) is 10.2 Å². The Hall–Kier alpha value is -0.750. The molecule has 0 radical (unpaired) electrons. The maximum atomic E-state index is 6.03. The summed E-state index contributed by atoms with van der Waals surface area (Å²) in [5, 5.41) is 4.37. The zero-order valence-electron chi connectivity index (χ0n) is 11.0. The first-order chi connectivity index (χ1) is 9.99. The molecule has 0 spiro atoms. The Morgan fingerprint density at radius 1 is 1.19 bits per heavy atom. The van der Waals surface area contributed by atoms with Crippen LogP contribution in [0.25, 0.3) is 0 Å². The Labute approximate surface area is 145 Å². The van der Waals surface area contributed by atoms with Gasteiger partial charge in [0.1, 0.15) is 18.8 Å². The molecule has 112 valence electrons. The van der Waals surface area contributed by atoms with Crippen molar-refractivity contribution in [3.8, 4) is 5.75 Å². The summed E-state index contributed by atoms with van der Waals surface area (Å²) in [7, 11) is 0. The van der Waals surface area contributed by atoms with Crippen LogP contribution in [0.2, 0.25) is 15.1 Å². The van der Waals surface area contributed by atoms with Gasteiger partial charge in [-0.05, 0) is 35.0 Å². The van der Waals surface area contributed by atoms with E-state index >= 15 is 0 Å². The van der Waals surface area contributed by atoms with Crippen molar-refractivity contribution in [1.29, 1.82) is 0 Å². The highest BCUT2D eigenvalue weighted by Gasteiger charge is 2.09. The minimum Gasteiger partial charge on any atom is -0.489 e. The standard InChI is InChI=1S/C13H11BrCl3N3O/c1-7-11(14)13(20-6-19-7)18-2-3-21-12-9(16)4-8(15)5-10(12)17/h4-6H,2-3H2,1H3,(H,18,19,20). The predicted octanol–water partition coefficient (Wildman–Crippen LogP) is 5.00. The molecule has 0 saturated heterocycles. The summed E-state index contributed by atoms with van der Waals surface area (Å²) in [4.78, 5) is 8.21. The van der Waals surface area contributed by atoms with Gasteiger partial charge in [0.25, 0.3) is 0 Å². The van der Waals surface area contributed by atoms with Gasteiger partial charge in [-0.25, -0.2) is 9.97 Å². The van der Waals surface area contributed by atoms with Crippen LogP contribution in [0.15, 0.2) is 22.9 Å². The van der Waals surface area contributed by atoms with Crippen molar-refractivity contribution < 1.29 is 4.74 Å². The zero-order valence-corrected chi connectivity index (χ0v) is 14.8. The van der Waals surface area contributed by atoms with Gasteiger partial charge in [0.05, 0.1) is 26.8 Å². The molecule has 2 rings (SSSR count). The molecule has 2 aromatic rings. The van der Waals surface area contributed by atoms with Crippen molar-refractivity contribution >= 4 is 56.6 Å². The molecule has 1 aromatic carbocycles. The number of hydrogen-bond donors (Lipinski definition) is 1. The molecule has 0 atom stereocenters. The van der Waals surface area contributed by atoms with Gasteiger partial charge in [0, 0.05) is 5.02 Å². The van der Waals surface area contributed by atoms with Gasteiger partial charge in [-0.15, -0.1) is 0 Å². The van der Waals surface area contributed by atoms with E-state index in [4.69, 9.17) is 39.5 Å². The predicted molar refractivity (Wildman–Crippen MR) is 89.9 cm³/mol. The molecule has 0 unspecified atom stereocenters. The first-order valence-electron chi connectivity index (χ1n) is 5.97. The number of nitrogens with one attached hydrogen (secondary N) is 1. The SMILES string of the molecule is Cc1ncnc(NCCOc2c(Cl)cc(Cl)cc2Cl)c1Br. The van der Waals surface area contributed by atoms with Gasteiger partial charge >= 0.3 is 0 Å². The Morgan fingerprint density at radius 3 is 2.52 bits per heavy atom. The Bertz CT molecular complexity index is 632. The average molecular weight is 412 g/mol. The van der Waals surface area contributed by atoms with E-state index in [2.05, 4.69) is 31.2 Å². The summed E-state index contributed by atoms with van der Waals surface area (Å²) in [6, 6.07) is 3.17. The molecule has 0 saturated carbocycles. The van der Waals surface area contributed by atoms with Gasteiger partial charge in [0.15, 0.2) is 5.75 Å². The van der Waals surface area contributed by atoms with Crippen LogP contribution in [0, 0.1) is 6.92 Å². The van der Waals surface area contributed by atoms with Crippen LogP contribution >= 0.6 is 50.7 Å². The lowest BCUT2D eigenvalue weighted by Gasteiger charge is -2.12. The minimum atomic E-state index is 0.372. The number of anilines is 1. The van der Waals surface area contributed by atoms with Crippen LogP contribution in [0.1, 0.15) is 5.69 Å². The quantitative estimate of drug-likeness (QED) is 0.704. The van der Waals surface area contributed by atoms with Crippen LogP contribution < -0.4 is 10.1 Å². The van der Waals surface area contributed by atoms with Crippen LogP contribution in [0.4, 0.5) is 5.82 Å². The van der Waals surface area contributed by atoms with Gasteiger partial charge in [-0.2, -0.15) is 0 Å². The number of halogens is 4. The maximum Gasteiger partial charge on any atom is 0.156 e. The monoisotopic (exact) mass is 409 g/mol. The van der Waals surface area contributed by atoms with E-state index in [1.807, 2.05) is 6.92 Å². The summed E-state index contributed by atoms with van der Waals surface area (Å²) >= 11 is 21.3. The summed E-state index contributed by atoms with van der Waals surface area (Å²) < 4.78 is 6.40. The van der Waals surface area contributed by atoms with E-state index in [-0.39, 0.29) is 0 Å². The molecule has 0 aliphatic heterocycles. The highest BCUT2D eigenvalue weighted by atomic mass is 79.9. The molecule has 0 aliphatic carbocycles. The Morgan fingerprint density at radius 2 is 1.86 bits per heavy atom. The van der Waals surface area contributed by atoms with Gasteiger partial charge in [-0.3, -0.25) is 0 Å². The summed E-state index contributed by atoms with van der Waals surface area (Å²) in [5.41, 5.74) is 0.859. The van der Waals surface area contributed by atoms with E-state index in [0.29, 0.717) is 39.8 Å². The molecule has 0 bridgehead atoms. The lowest BCUT2D eigenvalue weighted by Crippen LogP contribution is -2.13. The van der Waals surface area contributed by atoms with Crippen molar-refractivity contribution in [3.63, 3.8) is 0 Å². The highest BCUT2D eigenvalue weighted by molar-refractivity contribution is 9.10. The second-order valence-electron chi connectivity index (χ2n) is 4.10. The van der Waals surface area contributed by atoms with Gasteiger partial charge in [0.2, 0.25) is 0 Å². The van der Waals surface area contributed by atoms with Crippen molar-refractivity contribution in [1.82, 2.24) is 9.97 Å². The lowest BCUT2D eigenvalue weighted by atomic mass is 10.3.